The molecule has 4 rings (SSSR count). The van der Waals surface area contributed by atoms with Gasteiger partial charge in [0.05, 0.1) is 36.2 Å². The van der Waals surface area contributed by atoms with Crippen molar-refractivity contribution >= 4 is 17.3 Å². The maximum Gasteiger partial charge on any atom is 0.407 e. The minimum absolute atomic E-state index is 0.228. The Hall–Kier alpha value is -3.17. The highest BCUT2D eigenvalue weighted by Crippen LogP contribution is 2.35. The number of alkyl carbamates (subject to hydrolysis) is 1. The number of anilines is 1. The number of nitrogens with one attached hydrogen (secondary N) is 1. The van der Waals surface area contributed by atoms with Crippen molar-refractivity contribution in [3.63, 3.8) is 0 Å². The normalized spacial score (nSPS) is 18.9. The topological polar surface area (TPSA) is 76.7 Å². The van der Waals surface area contributed by atoms with Crippen molar-refractivity contribution in [3.05, 3.63) is 36.9 Å². The van der Waals surface area contributed by atoms with Gasteiger partial charge in [-0.25, -0.2) is 18.1 Å². The molecule has 31 heavy (non-hydrogen) atoms. The van der Waals surface area contributed by atoms with E-state index in [2.05, 4.69) is 15.5 Å². The number of alkyl halides is 2. The van der Waals surface area contributed by atoms with Crippen LogP contribution in [0.25, 0.3) is 16.6 Å². The number of amides is 1. The number of aryl methyl sites for hydroxylation is 1. The zero-order valence-corrected chi connectivity index (χ0v) is 18.0. The first-order chi connectivity index (χ1) is 14.5. The number of fused-ring (bicyclic) bond motifs is 1. The summed E-state index contributed by atoms with van der Waals surface area (Å²) in [4.78, 5) is 13.8. The Balaban J connectivity index is 1.66. The number of halogens is 2. The Morgan fingerprint density at radius 1 is 1.26 bits per heavy atom. The third-order valence-electron chi connectivity index (χ3n) is 4.99. The summed E-state index contributed by atoms with van der Waals surface area (Å²) < 4.78 is 37.9. The quantitative estimate of drug-likeness (QED) is 0.686. The molecule has 1 aliphatic rings. The Morgan fingerprint density at radius 3 is 2.71 bits per heavy atom. The molecule has 1 fully saturated rings. The molecule has 0 aliphatic carbocycles. The molecule has 3 aromatic heterocycles. The predicted molar refractivity (Wildman–Crippen MR) is 112 cm³/mol. The highest BCUT2D eigenvalue weighted by Gasteiger charge is 2.42. The van der Waals surface area contributed by atoms with Gasteiger partial charge in [0.15, 0.2) is 0 Å². The van der Waals surface area contributed by atoms with Gasteiger partial charge in [0.1, 0.15) is 5.60 Å². The molecule has 10 heteroatoms. The van der Waals surface area contributed by atoms with E-state index in [1.165, 1.54) is 0 Å². The van der Waals surface area contributed by atoms with Gasteiger partial charge in [-0.3, -0.25) is 4.68 Å². The molecule has 1 unspecified atom stereocenters. The van der Waals surface area contributed by atoms with E-state index >= 15 is 0 Å². The summed E-state index contributed by atoms with van der Waals surface area (Å²) in [5.41, 5.74) is 2.29. The van der Waals surface area contributed by atoms with Gasteiger partial charge >= 0.3 is 6.09 Å². The SMILES string of the molecule is Cn1cc(-c2cc(N3CC(NC(=O)OC(C)(C)C)CC(F)(F)C3)c3ccnn3c2)cn1. The van der Waals surface area contributed by atoms with E-state index in [0.29, 0.717) is 11.2 Å². The number of nitrogens with zero attached hydrogens (tertiary/aromatic N) is 5. The lowest BCUT2D eigenvalue weighted by atomic mass is 10.0. The fourth-order valence-corrected chi connectivity index (χ4v) is 3.85. The third-order valence-corrected chi connectivity index (χ3v) is 4.99. The molecule has 1 aliphatic heterocycles. The van der Waals surface area contributed by atoms with E-state index in [9.17, 15) is 13.6 Å². The molecular weight excluding hydrogens is 406 g/mol. The van der Waals surface area contributed by atoms with Gasteiger partial charge in [-0.2, -0.15) is 10.2 Å². The van der Waals surface area contributed by atoms with Crippen molar-refractivity contribution in [3.8, 4) is 11.1 Å². The summed E-state index contributed by atoms with van der Waals surface area (Å²) in [7, 11) is 1.81. The molecule has 8 nitrogen and oxygen atoms in total. The molecule has 0 spiro atoms. The highest BCUT2D eigenvalue weighted by atomic mass is 19.3. The molecule has 0 aromatic carbocycles. The van der Waals surface area contributed by atoms with Crippen molar-refractivity contribution in [2.75, 3.05) is 18.0 Å². The van der Waals surface area contributed by atoms with Gasteiger partial charge in [-0.05, 0) is 32.9 Å². The lowest BCUT2D eigenvalue weighted by molar-refractivity contribution is -0.0229. The summed E-state index contributed by atoms with van der Waals surface area (Å²) >= 11 is 0. The number of hydrogen-bond acceptors (Lipinski definition) is 5. The summed E-state index contributed by atoms with van der Waals surface area (Å²) in [5, 5.41) is 11.1. The van der Waals surface area contributed by atoms with Gasteiger partial charge in [-0.1, -0.05) is 0 Å². The van der Waals surface area contributed by atoms with E-state index in [4.69, 9.17) is 4.74 Å². The third kappa shape index (κ3) is 4.78. The fourth-order valence-electron chi connectivity index (χ4n) is 3.85. The number of piperidine rings is 1. The molecule has 3 aromatic rings. The number of ether oxygens (including phenoxy) is 1. The fraction of sp³-hybridized carbons (Fsp3) is 0.476. The number of hydrogen-bond donors (Lipinski definition) is 1. The average molecular weight is 432 g/mol. The Bertz CT molecular complexity index is 1100. The highest BCUT2D eigenvalue weighted by molar-refractivity contribution is 5.79. The second kappa shape index (κ2) is 7.51. The maximum atomic E-state index is 14.7. The van der Waals surface area contributed by atoms with Crippen LogP contribution in [0.3, 0.4) is 0 Å². The van der Waals surface area contributed by atoms with Crippen LogP contribution in [0.1, 0.15) is 27.2 Å². The molecular formula is C21H26F2N6O2. The second-order valence-corrected chi connectivity index (χ2v) is 8.96. The van der Waals surface area contributed by atoms with Crippen LogP contribution in [0.2, 0.25) is 0 Å². The first-order valence-corrected chi connectivity index (χ1v) is 10.1. The maximum absolute atomic E-state index is 14.7. The lowest BCUT2D eigenvalue weighted by Crippen LogP contribution is -2.56. The van der Waals surface area contributed by atoms with E-state index in [0.717, 1.165) is 11.1 Å². The Labute approximate surface area is 178 Å². The number of carbonyl (C=O) groups is 1. The van der Waals surface area contributed by atoms with Crippen LogP contribution in [-0.4, -0.2) is 56.1 Å². The summed E-state index contributed by atoms with van der Waals surface area (Å²) in [6.07, 6.45) is 5.89. The smallest absolute Gasteiger partial charge is 0.407 e. The van der Waals surface area contributed by atoms with Crippen LogP contribution in [0, 0.1) is 0 Å². The van der Waals surface area contributed by atoms with Crippen LogP contribution < -0.4 is 10.2 Å². The summed E-state index contributed by atoms with van der Waals surface area (Å²) in [5.74, 6) is -2.97. The minimum Gasteiger partial charge on any atom is -0.444 e. The monoisotopic (exact) mass is 432 g/mol. The zero-order chi connectivity index (χ0) is 22.4. The number of rotatable bonds is 3. The molecule has 1 atom stereocenters. The average Bonchev–Trinajstić information content (AvgIpc) is 3.26. The Kier molecular flexibility index (Phi) is 5.10. The first kappa shape index (κ1) is 21.1. The first-order valence-electron chi connectivity index (χ1n) is 10.1. The van der Waals surface area contributed by atoms with Crippen molar-refractivity contribution in [1.82, 2.24) is 24.7 Å². The van der Waals surface area contributed by atoms with Crippen molar-refractivity contribution in [2.45, 2.75) is 44.8 Å². The molecule has 1 N–H and O–H groups in total. The van der Waals surface area contributed by atoms with E-state index in [1.807, 2.05) is 25.5 Å². The summed E-state index contributed by atoms with van der Waals surface area (Å²) in [6, 6.07) is 2.88. The molecule has 166 valence electrons. The van der Waals surface area contributed by atoms with Crippen LogP contribution in [0.15, 0.2) is 36.9 Å². The number of carbonyl (C=O) groups excluding carboxylic acids is 1. The largest absolute Gasteiger partial charge is 0.444 e. The van der Waals surface area contributed by atoms with Crippen molar-refractivity contribution in [2.24, 2.45) is 7.05 Å². The molecule has 0 saturated carbocycles. The number of pyridine rings is 1. The van der Waals surface area contributed by atoms with Crippen molar-refractivity contribution < 1.29 is 18.3 Å². The summed E-state index contributed by atoms with van der Waals surface area (Å²) in [6.45, 7) is 4.97. The van der Waals surface area contributed by atoms with Gasteiger partial charge in [0.2, 0.25) is 0 Å². The van der Waals surface area contributed by atoms with Crippen LogP contribution in [0.4, 0.5) is 19.3 Å². The number of aromatic nitrogens is 4. The van der Waals surface area contributed by atoms with Gasteiger partial charge < -0.3 is 15.0 Å². The predicted octanol–water partition coefficient (Wildman–Crippen LogP) is 3.47. The molecule has 1 amide bonds. The zero-order valence-electron chi connectivity index (χ0n) is 18.0. The van der Waals surface area contributed by atoms with E-state index in [1.54, 1.807) is 53.3 Å². The van der Waals surface area contributed by atoms with Crippen molar-refractivity contribution in [1.29, 1.82) is 0 Å². The van der Waals surface area contributed by atoms with E-state index < -0.39 is 36.6 Å². The van der Waals surface area contributed by atoms with Crippen LogP contribution >= 0.6 is 0 Å². The molecule has 1 saturated heterocycles. The van der Waals surface area contributed by atoms with Crippen LogP contribution in [-0.2, 0) is 11.8 Å². The van der Waals surface area contributed by atoms with E-state index in [-0.39, 0.29) is 6.54 Å². The van der Waals surface area contributed by atoms with Gasteiger partial charge in [0.25, 0.3) is 5.92 Å². The Morgan fingerprint density at radius 2 is 2.03 bits per heavy atom. The van der Waals surface area contributed by atoms with Gasteiger partial charge in [0, 0.05) is 43.5 Å². The molecule has 0 bridgehead atoms. The molecule has 4 heterocycles. The minimum atomic E-state index is -2.97. The van der Waals surface area contributed by atoms with Crippen LogP contribution in [0.5, 0.6) is 0 Å². The van der Waals surface area contributed by atoms with Gasteiger partial charge in [-0.15, -0.1) is 0 Å². The second-order valence-electron chi connectivity index (χ2n) is 8.96. The molecule has 0 radical (unpaired) electrons. The standard InChI is InChI=1S/C21H26F2N6O2/c1-20(2,3)31-19(30)26-16-8-21(22,23)13-28(12-16)18-7-14(15-9-25-27(4)10-15)11-29-17(18)5-6-24-29/h5-7,9-11,16H,8,12-13H2,1-4H3,(H,26,30). The lowest BCUT2D eigenvalue weighted by Gasteiger charge is -2.39.